The first-order valence-corrected chi connectivity index (χ1v) is 6.20. The average Bonchev–Trinajstić information content (AvgIpc) is 2.99. The van der Waals surface area contributed by atoms with Gasteiger partial charge in [-0.3, -0.25) is 9.59 Å². The molecule has 0 aliphatic carbocycles. The van der Waals surface area contributed by atoms with E-state index in [1.807, 2.05) is 24.3 Å². The Labute approximate surface area is 114 Å². The molecule has 1 unspecified atom stereocenters. The van der Waals surface area contributed by atoms with Crippen LogP contribution in [0.4, 0.5) is 5.69 Å². The molecular formula is C14H12N2O4. The van der Waals surface area contributed by atoms with Gasteiger partial charge < -0.3 is 14.5 Å². The molecule has 1 aromatic heterocycles. The van der Waals surface area contributed by atoms with Gasteiger partial charge in [-0.1, -0.05) is 23.4 Å². The largest absolute Gasteiger partial charge is 0.481 e. The zero-order valence-electron chi connectivity index (χ0n) is 10.5. The lowest BCUT2D eigenvalue weighted by Gasteiger charge is -2.32. The van der Waals surface area contributed by atoms with Crippen LogP contribution >= 0.6 is 0 Å². The van der Waals surface area contributed by atoms with E-state index in [-0.39, 0.29) is 18.1 Å². The van der Waals surface area contributed by atoms with Crippen molar-refractivity contribution < 1.29 is 19.2 Å². The number of carbonyl (C=O) groups excluding carboxylic acids is 1. The third-order valence-corrected chi connectivity index (χ3v) is 3.40. The number of carboxylic acid groups (broad SMARTS) is 1. The highest BCUT2D eigenvalue weighted by atomic mass is 16.5. The number of carbonyl (C=O) groups is 2. The summed E-state index contributed by atoms with van der Waals surface area (Å²) in [4.78, 5) is 25.1. The molecule has 1 aliphatic heterocycles. The Morgan fingerprint density at radius 3 is 2.80 bits per heavy atom. The number of para-hydroxylation sites is 1. The molecule has 0 bridgehead atoms. The van der Waals surface area contributed by atoms with Crippen LogP contribution in [0.5, 0.6) is 0 Å². The van der Waals surface area contributed by atoms with Crippen molar-refractivity contribution in [1.82, 2.24) is 5.16 Å². The fraction of sp³-hybridized carbons (Fsp3) is 0.214. The molecule has 6 nitrogen and oxygen atoms in total. The van der Waals surface area contributed by atoms with E-state index in [2.05, 4.69) is 9.68 Å². The molecule has 0 radical (unpaired) electrons. The summed E-state index contributed by atoms with van der Waals surface area (Å²) in [5.74, 6) is -1.87. The second kappa shape index (κ2) is 4.80. The third kappa shape index (κ3) is 2.05. The second-order valence-corrected chi connectivity index (χ2v) is 4.67. The van der Waals surface area contributed by atoms with E-state index in [0.29, 0.717) is 6.42 Å². The van der Waals surface area contributed by atoms with Crippen LogP contribution in [0.15, 0.2) is 41.1 Å². The van der Waals surface area contributed by atoms with Gasteiger partial charge in [-0.25, -0.2) is 0 Å². The number of amides is 1. The molecule has 0 fully saturated rings. The minimum atomic E-state index is -0.905. The highest BCUT2D eigenvalue weighted by molar-refractivity contribution is 6.05. The maximum absolute atomic E-state index is 12.4. The van der Waals surface area contributed by atoms with E-state index in [9.17, 15) is 14.7 Å². The van der Waals surface area contributed by atoms with Gasteiger partial charge in [0.1, 0.15) is 6.26 Å². The lowest BCUT2D eigenvalue weighted by atomic mass is 9.92. The number of aliphatic carboxylic acids is 1. The Balaban J connectivity index is 2.01. The number of benzene rings is 1. The second-order valence-electron chi connectivity index (χ2n) is 4.67. The maximum Gasteiger partial charge on any atom is 0.308 e. The number of carboxylic acids is 1. The van der Waals surface area contributed by atoms with Crippen LogP contribution in [0.25, 0.3) is 0 Å². The summed E-state index contributed by atoms with van der Waals surface area (Å²) in [6.07, 6.45) is 1.74. The van der Waals surface area contributed by atoms with Gasteiger partial charge in [0.15, 0.2) is 5.69 Å². The smallest absolute Gasteiger partial charge is 0.308 e. The van der Waals surface area contributed by atoms with Crippen LogP contribution in [-0.2, 0) is 11.2 Å². The molecule has 102 valence electrons. The first-order chi connectivity index (χ1) is 9.66. The van der Waals surface area contributed by atoms with E-state index in [1.54, 1.807) is 0 Å². The van der Waals surface area contributed by atoms with E-state index in [4.69, 9.17) is 0 Å². The summed E-state index contributed by atoms with van der Waals surface area (Å²) in [5, 5.41) is 12.8. The zero-order valence-corrected chi connectivity index (χ0v) is 10.5. The molecule has 2 aromatic rings. The van der Waals surface area contributed by atoms with Crippen molar-refractivity contribution in [2.75, 3.05) is 11.4 Å². The molecule has 3 rings (SSSR count). The van der Waals surface area contributed by atoms with E-state index < -0.39 is 11.9 Å². The maximum atomic E-state index is 12.4. The van der Waals surface area contributed by atoms with Gasteiger partial charge in [0.2, 0.25) is 0 Å². The summed E-state index contributed by atoms with van der Waals surface area (Å²) < 4.78 is 4.67. The van der Waals surface area contributed by atoms with Gasteiger partial charge >= 0.3 is 5.97 Å². The van der Waals surface area contributed by atoms with Gasteiger partial charge in [-0.05, 0) is 18.1 Å². The Bertz CT molecular complexity index is 651. The minimum Gasteiger partial charge on any atom is -0.481 e. The Hall–Kier alpha value is -2.63. The van der Waals surface area contributed by atoms with Crippen LogP contribution in [0, 0.1) is 5.92 Å². The van der Waals surface area contributed by atoms with E-state index in [0.717, 1.165) is 11.3 Å². The molecule has 1 N–H and O–H groups in total. The summed E-state index contributed by atoms with van der Waals surface area (Å²) in [7, 11) is 0. The molecule has 20 heavy (non-hydrogen) atoms. The van der Waals surface area contributed by atoms with Crippen molar-refractivity contribution >= 4 is 17.6 Å². The van der Waals surface area contributed by atoms with Crippen molar-refractivity contribution in [3.8, 4) is 0 Å². The summed E-state index contributed by atoms with van der Waals surface area (Å²) >= 11 is 0. The summed E-state index contributed by atoms with van der Waals surface area (Å²) in [6.45, 7) is 0.137. The molecule has 0 saturated heterocycles. The summed E-state index contributed by atoms with van der Waals surface area (Å²) in [6, 6.07) is 8.78. The van der Waals surface area contributed by atoms with Crippen molar-refractivity contribution in [1.29, 1.82) is 0 Å². The lowest BCUT2D eigenvalue weighted by Crippen LogP contribution is -2.42. The summed E-state index contributed by atoms with van der Waals surface area (Å²) in [5.41, 5.74) is 1.76. The number of hydrogen-bond donors (Lipinski definition) is 1. The van der Waals surface area contributed by atoms with E-state index >= 15 is 0 Å². The quantitative estimate of drug-likeness (QED) is 0.897. The Kier molecular flexibility index (Phi) is 2.98. The highest BCUT2D eigenvalue weighted by Crippen LogP contribution is 2.30. The van der Waals surface area contributed by atoms with Gasteiger partial charge in [0.05, 0.1) is 5.92 Å². The molecule has 1 aromatic carbocycles. The Morgan fingerprint density at radius 1 is 1.30 bits per heavy atom. The van der Waals surface area contributed by atoms with Crippen LogP contribution in [0.2, 0.25) is 0 Å². The first-order valence-electron chi connectivity index (χ1n) is 6.20. The van der Waals surface area contributed by atoms with Crippen molar-refractivity contribution in [2.45, 2.75) is 6.42 Å². The molecule has 1 atom stereocenters. The zero-order chi connectivity index (χ0) is 14.1. The molecule has 2 heterocycles. The molecular weight excluding hydrogens is 260 g/mol. The molecule has 0 saturated carbocycles. The fourth-order valence-corrected chi connectivity index (χ4v) is 2.41. The van der Waals surface area contributed by atoms with Gasteiger partial charge in [-0.15, -0.1) is 0 Å². The third-order valence-electron chi connectivity index (χ3n) is 3.40. The number of aromatic nitrogens is 1. The van der Waals surface area contributed by atoms with Gasteiger partial charge in [0.25, 0.3) is 5.91 Å². The molecule has 1 amide bonds. The minimum absolute atomic E-state index is 0.137. The molecule has 6 heteroatoms. The standard InChI is InChI=1S/C14H12N2O4/c17-13(11-5-6-20-15-11)16-8-10(14(18)19)7-9-3-1-2-4-12(9)16/h1-6,10H,7-8H2,(H,18,19). The lowest BCUT2D eigenvalue weighted by molar-refractivity contribution is -0.141. The van der Waals surface area contributed by atoms with Crippen molar-refractivity contribution in [3.05, 3.63) is 47.9 Å². The van der Waals surface area contributed by atoms with E-state index in [1.165, 1.54) is 17.2 Å². The first kappa shape index (κ1) is 12.4. The monoisotopic (exact) mass is 272 g/mol. The van der Waals surface area contributed by atoms with Crippen LogP contribution in [0.1, 0.15) is 16.1 Å². The van der Waals surface area contributed by atoms with Gasteiger partial charge in [-0.2, -0.15) is 0 Å². The highest BCUT2D eigenvalue weighted by Gasteiger charge is 2.33. The van der Waals surface area contributed by atoms with Crippen LogP contribution in [0.3, 0.4) is 0 Å². The predicted octanol–water partition coefficient (Wildman–Crippen LogP) is 1.58. The average molecular weight is 272 g/mol. The number of hydrogen-bond acceptors (Lipinski definition) is 4. The SMILES string of the molecule is O=C(O)C1Cc2ccccc2N(C(=O)c2ccon2)C1. The number of rotatable bonds is 2. The number of nitrogens with zero attached hydrogens (tertiary/aromatic N) is 2. The van der Waals surface area contributed by atoms with Crippen LogP contribution in [-0.4, -0.2) is 28.7 Å². The normalized spacial score (nSPS) is 17.6. The molecule has 1 aliphatic rings. The predicted molar refractivity (Wildman–Crippen MR) is 69.5 cm³/mol. The van der Waals surface area contributed by atoms with Crippen molar-refractivity contribution in [3.63, 3.8) is 0 Å². The van der Waals surface area contributed by atoms with Crippen LogP contribution < -0.4 is 4.90 Å². The molecule has 0 spiro atoms. The Morgan fingerprint density at radius 2 is 2.10 bits per heavy atom. The topological polar surface area (TPSA) is 83.6 Å². The number of fused-ring (bicyclic) bond motifs is 1. The van der Waals surface area contributed by atoms with Crippen molar-refractivity contribution in [2.24, 2.45) is 5.92 Å². The fourth-order valence-electron chi connectivity index (χ4n) is 2.41. The van der Waals surface area contributed by atoms with Gasteiger partial charge in [0, 0.05) is 18.3 Å². The number of anilines is 1.